The Morgan fingerprint density at radius 1 is 1.32 bits per heavy atom. The summed E-state index contributed by atoms with van der Waals surface area (Å²) in [7, 11) is 1.51. The van der Waals surface area contributed by atoms with Crippen LogP contribution in [0.4, 0.5) is 5.69 Å². The normalized spacial score (nSPS) is 18.0. The second-order valence-electron chi connectivity index (χ2n) is 7.19. The molecule has 0 saturated carbocycles. The predicted molar refractivity (Wildman–Crippen MR) is 105 cm³/mol. The molecule has 2 amide bonds. The van der Waals surface area contributed by atoms with Gasteiger partial charge in [0.2, 0.25) is 5.91 Å². The van der Waals surface area contributed by atoms with Gasteiger partial charge in [0.1, 0.15) is 18.6 Å². The molecule has 150 valence electrons. The second-order valence-corrected chi connectivity index (χ2v) is 7.57. The summed E-state index contributed by atoms with van der Waals surface area (Å²) in [6.07, 6.45) is 3.79. The van der Waals surface area contributed by atoms with E-state index in [-0.39, 0.29) is 37.1 Å². The van der Waals surface area contributed by atoms with Crippen molar-refractivity contribution in [3.63, 3.8) is 0 Å². The third kappa shape index (κ3) is 3.76. The van der Waals surface area contributed by atoms with E-state index in [9.17, 15) is 19.2 Å². The van der Waals surface area contributed by atoms with Gasteiger partial charge in [-0.1, -0.05) is 11.6 Å². The Kier molecular flexibility index (Phi) is 6.34. The molecule has 8 heteroatoms. The SMILES string of the molecule is CNC(=O)C(CCC=O)N1Cc2c(ccc(N3CCC(C=O)CC3)c2Cl)C1=O. The number of nitrogens with zero attached hydrogens (tertiary/aromatic N) is 2. The van der Waals surface area contributed by atoms with Crippen molar-refractivity contribution in [3.05, 3.63) is 28.3 Å². The minimum atomic E-state index is -0.710. The van der Waals surface area contributed by atoms with Gasteiger partial charge in [-0.3, -0.25) is 9.59 Å². The maximum absolute atomic E-state index is 12.9. The summed E-state index contributed by atoms with van der Waals surface area (Å²) in [4.78, 5) is 50.5. The number of likely N-dealkylation sites (N-methyl/N-ethyl adjacent to an activating group) is 1. The van der Waals surface area contributed by atoms with Crippen LogP contribution < -0.4 is 10.2 Å². The monoisotopic (exact) mass is 405 g/mol. The number of carbonyl (C=O) groups is 4. The van der Waals surface area contributed by atoms with E-state index >= 15 is 0 Å². The van der Waals surface area contributed by atoms with Gasteiger partial charge in [0, 0.05) is 50.1 Å². The van der Waals surface area contributed by atoms with Crippen LogP contribution in [0.15, 0.2) is 12.1 Å². The van der Waals surface area contributed by atoms with Crippen molar-refractivity contribution < 1.29 is 19.2 Å². The second kappa shape index (κ2) is 8.73. The third-order valence-corrected chi connectivity index (χ3v) is 6.02. The molecule has 1 N–H and O–H groups in total. The topological polar surface area (TPSA) is 86.8 Å². The molecule has 28 heavy (non-hydrogen) atoms. The fourth-order valence-electron chi connectivity index (χ4n) is 3.95. The van der Waals surface area contributed by atoms with E-state index in [0.29, 0.717) is 16.1 Å². The molecule has 1 unspecified atom stereocenters. The van der Waals surface area contributed by atoms with Crippen molar-refractivity contribution in [2.75, 3.05) is 25.0 Å². The van der Waals surface area contributed by atoms with Crippen LogP contribution in [0.1, 0.15) is 41.6 Å². The van der Waals surface area contributed by atoms with E-state index in [1.54, 1.807) is 6.07 Å². The first-order valence-electron chi connectivity index (χ1n) is 9.49. The molecule has 0 aliphatic carbocycles. The number of benzene rings is 1. The zero-order valence-corrected chi connectivity index (χ0v) is 16.6. The number of anilines is 1. The Morgan fingerprint density at radius 3 is 2.64 bits per heavy atom. The lowest BCUT2D eigenvalue weighted by molar-refractivity contribution is -0.125. The summed E-state index contributed by atoms with van der Waals surface area (Å²) in [6.45, 7) is 1.71. The van der Waals surface area contributed by atoms with Crippen molar-refractivity contribution in [1.82, 2.24) is 10.2 Å². The molecule has 0 aromatic heterocycles. The van der Waals surface area contributed by atoms with Gasteiger partial charge in [0.05, 0.1) is 10.7 Å². The molecule has 0 bridgehead atoms. The standard InChI is InChI=1S/C20H24ClN3O4/c1-22-19(27)17(3-2-10-25)24-11-15-14(20(24)28)4-5-16(18(15)21)23-8-6-13(12-26)7-9-23/h4-5,10,12-13,17H,2-3,6-9,11H2,1H3,(H,22,27). The predicted octanol–water partition coefficient (Wildman–Crippen LogP) is 1.80. The zero-order valence-electron chi connectivity index (χ0n) is 15.8. The molecule has 2 aliphatic heterocycles. The molecule has 2 aliphatic rings. The fourth-order valence-corrected chi connectivity index (χ4v) is 4.30. The van der Waals surface area contributed by atoms with Crippen LogP contribution in [0.2, 0.25) is 5.02 Å². The molecule has 1 saturated heterocycles. The minimum Gasteiger partial charge on any atom is -0.370 e. The number of piperidine rings is 1. The van der Waals surface area contributed by atoms with Crippen molar-refractivity contribution >= 4 is 41.7 Å². The van der Waals surface area contributed by atoms with Gasteiger partial charge in [-0.15, -0.1) is 0 Å². The number of aldehydes is 2. The fraction of sp³-hybridized carbons (Fsp3) is 0.500. The van der Waals surface area contributed by atoms with E-state index in [2.05, 4.69) is 10.2 Å². The molecule has 0 radical (unpaired) electrons. The summed E-state index contributed by atoms with van der Waals surface area (Å²) in [5.74, 6) is -0.453. The van der Waals surface area contributed by atoms with Crippen LogP contribution in [0, 0.1) is 5.92 Å². The Bertz CT molecular complexity index is 790. The van der Waals surface area contributed by atoms with E-state index in [0.717, 1.165) is 44.2 Å². The Morgan fingerprint density at radius 2 is 2.04 bits per heavy atom. The average Bonchev–Trinajstić information content (AvgIpc) is 3.06. The van der Waals surface area contributed by atoms with Crippen LogP contribution >= 0.6 is 11.6 Å². The van der Waals surface area contributed by atoms with Gasteiger partial charge in [0.25, 0.3) is 5.91 Å². The van der Waals surface area contributed by atoms with Crippen LogP contribution in [0.3, 0.4) is 0 Å². The zero-order chi connectivity index (χ0) is 20.3. The van der Waals surface area contributed by atoms with Gasteiger partial charge in [-0.25, -0.2) is 0 Å². The number of fused-ring (bicyclic) bond motifs is 1. The largest absolute Gasteiger partial charge is 0.370 e. The Labute approximate surface area is 169 Å². The molecule has 1 aromatic carbocycles. The maximum Gasteiger partial charge on any atom is 0.255 e. The highest BCUT2D eigenvalue weighted by Gasteiger charge is 2.37. The summed E-state index contributed by atoms with van der Waals surface area (Å²) in [5.41, 5.74) is 2.06. The first-order chi connectivity index (χ1) is 13.5. The molecular formula is C20H24ClN3O4. The molecule has 1 fully saturated rings. The lowest BCUT2D eigenvalue weighted by atomic mass is 9.97. The smallest absolute Gasteiger partial charge is 0.255 e. The third-order valence-electron chi connectivity index (χ3n) is 5.60. The van der Waals surface area contributed by atoms with Gasteiger partial charge < -0.3 is 24.7 Å². The Hall–Kier alpha value is -2.41. The van der Waals surface area contributed by atoms with E-state index in [1.165, 1.54) is 11.9 Å². The van der Waals surface area contributed by atoms with Crippen molar-refractivity contribution in [2.45, 2.75) is 38.3 Å². The Balaban J connectivity index is 1.84. The van der Waals surface area contributed by atoms with E-state index < -0.39 is 6.04 Å². The average molecular weight is 406 g/mol. The number of hydrogen-bond acceptors (Lipinski definition) is 5. The first-order valence-corrected chi connectivity index (χ1v) is 9.87. The first kappa shape index (κ1) is 20.3. The van der Waals surface area contributed by atoms with Gasteiger partial charge >= 0.3 is 0 Å². The highest BCUT2D eigenvalue weighted by atomic mass is 35.5. The summed E-state index contributed by atoms with van der Waals surface area (Å²) >= 11 is 6.66. The summed E-state index contributed by atoms with van der Waals surface area (Å²) in [6, 6.07) is 2.88. The number of halogens is 1. The van der Waals surface area contributed by atoms with Gasteiger partial charge in [-0.05, 0) is 31.4 Å². The van der Waals surface area contributed by atoms with Crippen LogP contribution in [-0.4, -0.2) is 55.5 Å². The van der Waals surface area contributed by atoms with Crippen molar-refractivity contribution in [2.24, 2.45) is 5.92 Å². The molecule has 3 rings (SSSR count). The van der Waals surface area contributed by atoms with Crippen molar-refractivity contribution in [3.8, 4) is 0 Å². The number of carbonyl (C=O) groups excluding carboxylic acids is 4. The highest BCUT2D eigenvalue weighted by Crippen LogP contribution is 2.38. The molecule has 0 spiro atoms. The van der Waals surface area contributed by atoms with E-state index in [4.69, 9.17) is 11.6 Å². The molecule has 1 atom stereocenters. The number of hydrogen-bond donors (Lipinski definition) is 1. The highest BCUT2D eigenvalue weighted by molar-refractivity contribution is 6.35. The lowest BCUT2D eigenvalue weighted by Gasteiger charge is -2.32. The lowest BCUT2D eigenvalue weighted by Crippen LogP contribution is -2.46. The number of rotatable bonds is 7. The van der Waals surface area contributed by atoms with Gasteiger partial charge in [-0.2, -0.15) is 0 Å². The van der Waals surface area contributed by atoms with Crippen LogP contribution in [0.25, 0.3) is 0 Å². The van der Waals surface area contributed by atoms with Gasteiger partial charge in [0.15, 0.2) is 0 Å². The molecule has 7 nitrogen and oxygen atoms in total. The van der Waals surface area contributed by atoms with Crippen LogP contribution in [-0.2, 0) is 20.9 Å². The quantitative estimate of drug-likeness (QED) is 0.699. The number of amides is 2. The van der Waals surface area contributed by atoms with Crippen LogP contribution in [0.5, 0.6) is 0 Å². The van der Waals surface area contributed by atoms with Crippen molar-refractivity contribution in [1.29, 1.82) is 0 Å². The molecule has 1 aromatic rings. The molecular weight excluding hydrogens is 382 g/mol. The summed E-state index contributed by atoms with van der Waals surface area (Å²) < 4.78 is 0. The maximum atomic E-state index is 12.9. The minimum absolute atomic E-state index is 0.0904. The summed E-state index contributed by atoms with van der Waals surface area (Å²) in [5, 5.41) is 3.08. The molecule has 2 heterocycles. The number of nitrogens with one attached hydrogen (secondary N) is 1. The van der Waals surface area contributed by atoms with E-state index in [1.807, 2.05) is 6.07 Å².